The van der Waals surface area contributed by atoms with Gasteiger partial charge < -0.3 is 14.8 Å². The van der Waals surface area contributed by atoms with Crippen molar-refractivity contribution >= 4 is 29.0 Å². The van der Waals surface area contributed by atoms with Crippen LogP contribution in [0.1, 0.15) is 21.6 Å². The second kappa shape index (κ2) is 8.33. The highest BCUT2D eigenvalue weighted by Gasteiger charge is 2.15. The fourth-order valence-electron chi connectivity index (χ4n) is 2.14. The standard InChI is InChI=1S/C18H16FNO3S2/c19-12-3-5-13(6-4-12)24-11-17(21)20-10-14-7-8-16(25-14)18(22)15-2-1-9-23-15/h1-9,18,22H,10-11H2,(H,20,21). The maximum absolute atomic E-state index is 12.8. The lowest BCUT2D eigenvalue weighted by atomic mass is 10.2. The molecular weight excluding hydrogens is 361 g/mol. The number of rotatable bonds is 7. The molecule has 7 heteroatoms. The summed E-state index contributed by atoms with van der Waals surface area (Å²) in [5.74, 6) is 0.363. The summed E-state index contributed by atoms with van der Waals surface area (Å²) in [6, 6.07) is 13.2. The van der Waals surface area contributed by atoms with Gasteiger partial charge in [-0.15, -0.1) is 23.1 Å². The molecule has 0 aliphatic rings. The van der Waals surface area contributed by atoms with Gasteiger partial charge in [0.05, 0.1) is 18.6 Å². The number of aliphatic hydroxyl groups excluding tert-OH is 1. The van der Waals surface area contributed by atoms with Gasteiger partial charge in [0.2, 0.25) is 5.91 Å². The van der Waals surface area contributed by atoms with Crippen molar-refractivity contribution in [1.29, 1.82) is 0 Å². The Morgan fingerprint density at radius 1 is 1.24 bits per heavy atom. The first-order valence-corrected chi connectivity index (χ1v) is 9.37. The van der Waals surface area contributed by atoms with E-state index in [1.165, 1.54) is 41.5 Å². The van der Waals surface area contributed by atoms with E-state index >= 15 is 0 Å². The summed E-state index contributed by atoms with van der Waals surface area (Å²) in [6.07, 6.45) is 0.727. The summed E-state index contributed by atoms with van der Waals surface area (Å²) in [7, 11) is 0. The van der Waals surface area contributed by atoms with Crippen LogP contribution in [-0.2, 0) is 11.3 Å². The van der Waals surface area contributed by atoms with Crippen molar-refractivity contribution in [2.75, 3.05) is 5.75 Å². The molecule has 0 saturated carbocycles. The monoisotopic (exact) mass is 377 g/mol. The molecule has 4 nitrogen and oxygen atoms in total. The minimum atomic E-state index is -0.793. The second-order valence-corrected chi connectivity index (χ2v) is 7.49. The molecule has 3 rings (SSSR count). The molecule has 1 amide bonds. The predicted octanol–water partition coefficient (Wildman–Crippen LogP) is 3.97. The lowest BCUT2D eigenvalue weighted by molar-refractivity contribution is -0.118. The van der Waals surface area contributed by atoms with Crippen LogP contribution < -0.4 is 5.32 Å². The molecule has 0 radical (unpaired) electrons. The zero-order valence-corrected chi connectivity index (χ0v) is 14.8. The van der Waals surface area contributed by atoms with Crippen molar-refractivity contribution in [3.05, 3.63) is 76.1 Å². The molecule has 3 aromatic rings. The summed E-state index contributed by atoms with van der Waals surface area (Å²) in [5, 5.41) is 13.0. The van der Waals surface area contributed by atoms with Gasteiger partial charge in [0.1, 0.15) is 17.7 Å². The third-order valence-electron chi connectivity index (χ3n) is 3.41. The summed E-state index contributed by atoms with van der Waals surface area (Å²) >= 11 is 2.78. The lowest BCUT2D eigenvalue weighted by Crippen LogP contribution is -2.24. The molecule has 2 N–H and O–H groups in total. The molecule has 1 aromatic carbocycles. The smallest absolute Gasteiger partial charge is 0.230 e. The number of hydrogen-bond donors (Lipinski definition) is 2. The van der Waals surface area contributed by atoms with Gasteiger partial charge in [-0.3, -0.25) is 4.79 Å². The fraction of sp³-hybridized carbons (Fsp3) is 0.167. The molecule has 1 atom stereocenters. The van der Waals surface area contributed by atoms with Crippen LogP contribution in [0.5, 0.6) is 0 Å². The largest absolute Gasteiger partial charge is 0.466 e. The summed E-state index contributed by atoms with van der Waals surface area (Å²) in [6.45, 7) is 0.401. The number of furan rings is 1. The second-order valence-electron chi connectivity index (χ2n) is 5.24. The maximum atomic E-state index is 12.8. The minimum Gasteiger partial charge on any atom is -0.466 e. The Morgan fingerprint density at radius 3 is 2.76 bits per heavy atom. The molecule has 0 fully saturated rings. The Balaban J connectivity index is 1.47. The van der Waals surface area contributed by atoms with Crippen LogP contribution in [-0.4, -0.2) is 16.8 Å². The Labute approximate surface area is 152 Å². The Kier molecular flexibility index (Phi) is 5.91. The van der Waals surface area contributed by atoms with Crippen molar-refractivity contribution in [2.45, 2.75) is 17.5 Å². The lowest BCUT2D eigenvalue weighted by Gasteiger charge is -2.05. The molecule has 25 heavy (non-hydrogen) atoms. The van der Waals surface area contributed by atoms with Crippen LogP contribution in [0.2, 0.25) is 0 Å². The highest BCUT2D eigenvalue weighted by atomic mass is 32.2. The van der Waals surface area contributed by atoms with E-state index in [0.29, 0.717) is 12.3 Å². The van der Waals surface area contributed by atoms with Crippen LogP contribution in [0.3, 0.4) is 0 Å². The maximum Gasteiger partial charge on any atom is 0.230 e. The Bertz CT molecular complexity index is 815. The first-order valence-electron chi connectivity index (χ1n) is 7.57. The van der Waals surface area contributed by atoms with Crippen molar-refractivity contribution in [3.8, 4) is 0 Å². The van der Waals surface area contributed by atoms with E-state index in [1.807, 2.05) is 12.1 Å². The van der Waals surface area contributed by atoms with Gasteiger partial charge in [-0.1, -0.05) is 0 Å². The number of amides is 1. The third-order valence-corrected chi connectivity index (χ3v) is 5.56. The average Bonchev–Trinajstić information content (AvgIpc) is 3.30. The molecule has 1 unspecified atom stereocenters. The third kappa shape index (κ3) is 4.94. The molecule has 0 aliphatic carbocycles. The van der Waals surface area contributed by atoms with Crippen molar-refractivity contribution in [3.63, 3.8) is 0 Å². The highest BCUT2D eigenvalue weighted by Crippen LogP contribution is 2.28. The van der Waals surface area contributed by atoms with E-state index in [-0.39, 0.29) is 17.5 Å². The van der Waals surface area contributed by atoms with Crippen molar-refractivity contribution in [2.24, 2.45) is 0 Å². The van der Waals surface area contributed by atoms with Gasteiger partial charge in [0.25, 0.3) is 0 Å². The number of nitrogens with one attached hydrogen (secondary N) is 1. The Hall–Kier alpha value is -2.09. The zero-order valence-electron chi connectivity index (χ0n) is 13.1. The van der Waals surface area contributed by atoms with Crippen LogP contribution in [0.25, 0.3) is 0 Å². The molecule has 2 heterocycles. The quantitative estimate of drug-likeness (QED) is 0.612. The van der Waals surface area contributed by atoms with Crippen molar-refractivity contribution < 1.29 is 18.7 Å². The average molecular weight is 377 g/mol. The summed E-state index contributed by atoms with van der Waals surface area (Å²) in [5.41, 5.74) is 0. The van der Waals surface area contributed by atoms with Crippen LogP contribution in [0.4, 0.5) is 4.39 Å². The molecule has 130 valence electrons. The first kappa shape index (κ1) is 17.7. The number of halogens is 1. The van der Waals surface area contributed by atoms with Crippen molar-refractivity contribution in [1.82, 2.24) is 5.32 Å². The van der Waals surface area contributed by atoms with Gasteiger partial charge in [0, 0.05) is 14.6 Å². The van der Waals surface area contributed by atoms with E-state index in [4.69, 9.17) is 4.42 Å². The molecular formula is C18H16FNO3S2. The van der Waals surface area contributed by atoms with Crippen LogP contribution in [0.15, 0.2) is 64.1 Å². The van der Waals surface area contributed by atoms with E-state index in [2.05, 4.69) is 5.32 Å². The summed E-state index contributed by atoms with van der Waals surface area (Å²) in [4.78, 5) is 14.5. The van der Waals surface area contributed by atoms with E-state index in [1.54, 1.807) is 24.3 Å². The number of carbonyl (C=O) groups is 1. The normalized spacial score (nSPS) is 12.1. The Morgan fingerprint density at radius 2 is 2.04 bits per heavy atom. The van der Waals surface area contributed by atoms with E-state index < -0.39 is 6.10 Å². The first-order chi connectivity index (χ1) is 12.1. The molecule has 2 aromatic heterocycles. The number of aliphatic hydroxyl groups is 1. The van der Waals surface area contributed by atoms with Crippen LogP contribution >= 0.6 is 23.1 Å². The molecule has 0 saturated heterocycles. The minimum absolute atomic E-state index is 0.101. The highest BCUT2D eigenvalue weighted by molar-refractivity contribution is 8.00. The SMILES string of the molecule is O=C(CSc1ccc(F)cc1)NCc1ccc(C(O)c2ccco2)s1. The predicted molar refractivity (Wildman–Crippen MR) is 96.1 cm³/mol. The van der Waals surface area contributed by atoms with Gasteiger partial charge >= 0.3 is 0 Å². The zero-order chi connectivity index (χ0) is 17.6. The molecule has 0 spiro atoms. The number of benzene rings is 1. The summed E-state index contributed by atoms with van der Waals surface area (Å²) < 4.78 is 18.0. The number of thiophene rings is 1. The van der Waals surface area contributed by atoms with Gasteiger partial charge in [-0.05, 0) is 48.5 Å². The fourth-order valence-corrected chi connectivity index (χ4v) is 3.82. The van der Waals surface area contributed by atoms with Gasteiger partial charge in [0.15, 0.2) is 0 Å². The number of thioether (sulfide) groups is 1. The van der Waals surface area contributed by atoms with Gasteiger partial charge in [-0.25, -0.2) is 4.39 Å². The molecule has 0 aliphatic heterocycles. The van der Waals surface area contributed by atoms with E-state index in [0.717, 1.165) is 14.6 Å². The topological polar surface area (TPSA) is 62.5 Å². The number of carbonyl (C=O) groups excluding carboxylic acids is 1. The van der Waals surface area contributed by atoms with Gasteiger partial charge in [-0.2, -0.15) is 0 Å². The molecule has 0 bridgehead atoms. The van der Waals surface area contributed by atoms with E-state index in [9.17, 15) is 14.3 Å². The van der Waals surface area contributed by atoms with Crippen LogP contribution in [0, 0.1) is 5.82 Å². The number of hydrogen-bond acceptors (Lipinski definition) is 5.